The Hall–Kier alpha value is -1.02. The van der Waals surface area contributed by atoms with Crippen molar-refractivity contribution >= 4 is 0 Å². The Morgan fingerprint density at radius 3 is 2.74 bits per heavy atom. The Morgan fingerprint density at radius 2 is 2.16 bits per heavy atom. The van der Waals surface area contributed by atoms with Gasteiger partial charge in [0.05, 0.1) is 6.61 Å². The van der Waals surface area contributed by atoms with Crippen molar-refractivity contribution in [3.05, 3.63) is 29.3 Å². The van der Waals surface area contributed by atoms with Crippen LogP contribution in [0, 0.1) is 12.8 Å². The molecule has 0 spiro atoms. The maximum Gasteiger partial charge on any atom is 0.122 e. The lowest BCUT2D eigenvalue weighted by Crippen LogP contribution is -2.20. The minimum atomic E-state index is 0.416. The van der Waals surface area contributed by atoms with Crippen LogP contribution in [-0.4, -0.2) is 13.2 Å². The number of nitrogens with one attached hydrogen (secondary N) is 1. The van der Waals surface area contributed by atoms with Crippen molar-refractivity contribution in [1.29, 1.82) is 0 Å². The molecule has 2 rings (SSSR count). The fourth-order valence-electron chi connectivity index (χ4n) is 2.45. The zero-order valence-electron chi connectivity index (χ0n) is 12.5. The average Bonchev–Trinajstić information content (AvgIpc) is 2.35. The quantitative estimate of drug-likeness (QED) is 0.793. The monoisotopic (exact) mass is 261 g/mol. The Balaban J connectivity index is 1.91. The van der Waals surface area contributed by atoms with Crippen LogP contribution in [0.1, 0.15) is 56.7 Å². The van der Waals surface area contributed by atoms with Gasteiger partial charge >= 0.3 is 0 Å². The Labute approximate surface area is 117 Å². The lowest BCUT2D eigenvalue weighted by molar-refractivity contribution is 0.180. The summed E-state index contributed by atoms with van der Waals surface area (Å²) < 4.78 is 5.94. The summed E-state index contributed by atoms with van der Waals surface area (Å²) >= 11 is 0. The average molecular weight is 261 g/mol. The van der Waals surface area contributed by atoms with Crippen LogP contribution >= 0.6 is 0 Å². The first-order chi connectivity index (χ1) is 9.20. The molecule has 0 aromatic heterocycles. The van der Waals surface area contributed by atoms with Crippen molar-refractivity contribution < 1.29 is 4.74 Å². The molecule has 1 N–H and O–H groups in total. The molecule has 0 radical (unpaired) electrons. The predicted octanol–water partition coefficient (Wildman–Crippen LogP) is 4.23. The molecule has 1 aromatic carbocycles. The van der Waals surface area contributed by atoms with Gasteiger partial charge in [0, 0.05) is 6.04 Å². The topological polar surface area (TPSA) is 21.3 Å². The van der Waals surface area contributed by atoms with E-state index in [-0.39, 0.29) is 0 Å². The molecule has 0 saturated heterocycles. The number of hydrogen-bond acceptors (Lipinski definition) is 2. The highest BCUT2D eigenvalue weighted by Gasteiger charge is 2.18. The standard InChI is InChI=1S/C17H27NO/c1-4-10-18-14(3)16-8-9-17(13(2)11-16)19-12-15-6-5-7-15/h8-9,11,14-15,18H,4-7,10,12H2,1-3H3. The van der Waals surface area contributed by atoms with Gasteiger partial charge < -0.3 is 10.1 Å². The second-order valence-electron chi connectivity index (χ2n) is 5.81. The molecule has 0 aliphatic heterocycles. The lowest BCUT2D eigenvalue weighted by Gasteiger charge is -2.25. The first kappa shape index (κ1) is 14.4. The highest BCUT2D eigenvalue weighted by molar-refractivity contribution is 5.37. The minimum Gasteiger partial charge on any atom is -0.493 e. The van der Waals surface area contributed by atoms with E-state index in [0.29, 0.717) is 6.04 Å². The third-order valence-electron chi connectivity index (χ3n) is 4.10. The third-order valence-corrected chi connectivity index (χ3v) is 4.10. The van der Waals surface area contributed by atoms with Gasteiger partial charge in [0.25, 0.3) is 0 Å². The summed E-state index contributed by atoms with van der Waals surface area (Å²) in [5, 5.41) is 3.52. The summed E-state index contributed by atoms with van der Waals surface area (Å²) in [5.74, 6) is 1.85. The Morgan fingerprint density at radius 1 is 1.37 bits per heavy atom. The Bertz CT molecular complexity index is 398. The van der Waals surface area contributed by atoms with Crippen molar-refractivity contribution in [3.8, 4) is 5.75 Å². The molecular formula is C17H27NO. The van der Waals surface area contributed by atoms with Crippen molar-refractivity contribution in [2.75, 3.05) is 13.2 Å². The molecule has 0 amide bonds. The largest absolute Gasteiger partial charge is 0.493 e. The van der Waals surface area contributed by atoms with E-state index in [0.717, 1.165) is 24.8 Å². The van der Waals surface area contributed by atoms with Crippen molar-refractivity contribution in [2.24, 2.45) is 5.92 Å². The number of ether oxygens (including phenoxy) is 1. The molecule has 2 heteroatoms. The van der Waals surface area contributed by atoms with Gasteiger partial charge in [-0.05, 0) is 62.8 Å². The predicted molar refractivity (Wildman–Crippen MR) is 80.7 cm³/mol. The van der Waals surface area contributed by atoms with Crippen LogP contribution in [0.3, 0.4) is 0 Å². The number of benzene rings is 1. The van der Waals surface area contributed by atoms with E-state index in [4.69, 9.17) is 4.74 Å². The van der Waals surface area contributed by atoms with Crippen LogP contribution in [0.4, 0.5) is 0 Å². The van der Waals surface area contributed by atoms with Crippen molar-refractivity contribution in [2.45, 2.75) is 52.5 Å². The van der Waals surface area contributed by atoms with Crippen LogP contribution in [0.25, 0.3) is 0 Å². The van der Waals surface area contributed by atoms with Crippen molar-refractivity contribution in [3.63, 3.8) is 0 Å². The molecule has 1 saturated carbocycles. The van der Waals surface area contributed by atoms with Gasteiger partial charge in [-0.25, -0.2) is 0 Å². The van der Waals surface area contributed by atoms with Crippen molar-refractivity contribution in [1.82, 2.24) is 5.32 Å². The fourth-order valence-corrected chi connectivity index (χ4v) is 2.45. The van der Waals surface area contributed by atoms with Gasteiger partial charge in [0.2, 0.25) is 0 Å². The SMILES string of the molecule is CCCNC(C)c1ccc(OCC2CCC2)c(C)c1. The second-order valence-corrected chi connectivity index (χ2v) is 5.81. The molecule has 1 fully saturated rings. The molecule has 0 heterocycles. The maximum absolute atomic E-state index is 5.94. The van der Waals surface area contributed by atoms with Crippen LogP contribution in [0.2, 0.25) is 0 Å². The molecule has 1 aromatic rings. The van der Waals surface area contributed by atoms with Crippen LogP contribution in [-0.2, 0) is 0 Å². The zero-order chi connectivity index (χ0) is 13.7. The van der Waals surface area contributed by atoms with E-state index < -0.39 is 0 Å². The Kier molecular flexibility index (Phi) is 5.26. The first-order valence-electron chi connectivity index (χ1n) is 7.67. The zero-order valence-corrected chi connectivity index (χ0v) is 12.5. The van der Waals surface area contributed by atoms with Gasteiger partial charge in [0.15, 0.2) is 0 Å². The van der Waals surface area contributed by atoms with E-state index in [9.17, 15) is 0 Å². The van der Waals surface area contributed by atoms with Gasteiger partial charge in [0.1, 0.15) is 5.75 Å². The number of hydrogen-bond donors (Lipinski definition) is 1. The molecule has 106 valence electrons. The summed E-state index contributed by atoms with van der Waals surface area (Å²) in [6.07, 6.45) is 5.24. The molecule has 1 unspecified atom stereocenters. The van der Waals surface area contributed by atoms with Crippen LogP contribution < -0.4 is 10.1 Å². The highest BCUT2D eigenvalue weighted by atomic mass is 16.5. The highest BCUT2D eigenvalue weighted by Crippen LogP contribution is 2.28. The summed E-state index contributed by atoms with van der Waals surface area (Å²) in [6, 6.07) is 6.99. The van der Waals surface area contributed by atoms with E-state index in [2.05, 4.69) is 44.3 Å². The minimum absolute atomic E-state index is 0.416. The van der Waals surface area contributed by atoms with Crippen LogP contribution in [0.15, 0.2) is 18.2 Å². The lowest BCUT2D eigenvalue weighted by atomic mass is 9.86. The van der Waals surface area contributed by atoms with E-state index in [1.165, 1.54) is 36.8 Å². The van der Waals surface area contributed by atoms with Crippen LogP contribution in [0.5, 0.6) is 5.75 Å². The fraction of sp³-hybridized carbons (Fsp3) is 0.647. The maximum atomic E-state index is 5.94. The number of aryl methyl sites for hydroxylation is 1. The molecule has 1 aliphatic rings. The van der Waals surface area contributed by atoms with Gasteiger partial charge in [-0.3, -0.25) is 0 Å². The summed E-state index contributed by atoms with van der Waals surface area (Å²) in [5.41, 5.74) is 2.60. The van der Waals surface area contributed by atoms with Gasteiger partial charge in [-0.15, -0.1) is 0 Å². The molecule has 0 bridgehead atoms. The second kappa shape index (κ2) is 6.95. The summed E-state index contributed by atoms with van der Waals surface area (Å²) in [7, 11) is 0. The van der Waals surface area contributed by atoms with E-state index >= 15 is 0 Å². The molecule has 19 heavy (non-hydrogen) atoms. The summed E-state index contributed by atoms with van der Waals surface area (Å²) in [6.45, 7) is 8.53. The number of rotatable bonds is 7. The molecule has 1 aliphatic carbocycles. The molecule has 2 nitrogen and oxygen atoms in total. The van der Waals surface area contributed by atoms with E-state index in [1.807, 2.05) is 0 Å². The first-order valence-corrected chi connectivity index (χ1v) is 7.67. The third kappa shape index (κ3) is 3.97. The van der Waals surface area contributed by atoms with Gasteiger partial charge in [-0.2, -0.15) is 0 Å². The van der Waals surface area contributed by atoms with Gasteiger partial charge in [-0.1, -0.05) is 25.5 Å². The molecule has 1 atom stereocenters. The smallest absolute Gasteiger partial charge is 0.122 e. The molecular weight excluding hydrogens is 234 g/mol. The van der Waals surface area contributed by atoms with E-state index in [1.54, 1.807) is 0 Å². The summed E-state index contributed by atoms with van der Waals surface area (Å²) in [4.78, 5) is 0. The normalized spacial score (nSPS) is 17.0.